The summed E-state index contributed by atoms with van der Waals surface area (Å²) in [5.74, 6) is 0.129. The molecule has 0 aliphatic heterocycles. The van der Waals surface area contributed by atoms with Crippen molar-refractivity contribution in [3.05, 3.63) is 40.8 Å². The third-order valence-corrected chi connectivity index (χ3v) is 1.96. The average molecular weight is 257 g/mol. The monoisotopic (exact) mass is 256 g/mol. The van der Waals surface area contributed by atoms with Gasteiger partial charge in [0.25, 0.3) is 0 Å². The highest BCUT2D eigenvalue weighted by atomic mass is 79.9. The molecule has 0 saturated carbocycles. The molecule has 0 atom stereocenters. The molecule has 0 aromatic carbocycles. The van der Waals surface area contributed by atoms with Gasteiger partial charge in [-0.25, -0.2) is 4.79 Å². The van der Waals surface area contributed by atoms with Gasteiger partial charge in [-0.2, -0.15) is 0 Å². The molecular formula is C10H9BrO3. The smallest absolute Gasteiger partial charge is 0.337 e. The number of rotatable bonds is 3. The van der Waals surface area contributed by atoms with Crippen LogP contribution in [0.25, 0.3) is 6.08 Å². The summed E-state index contributed by atoms with van der Waals surface area (Å²) in [4.78, 5) is 11.1. The number of methoxy groups -OCH3 is 1. The van der Waals surface area contributed by atoms with Crippen molar-refractivity contribution in [2.75, 3.05) is 7.11 Å². The van der Waals surface area contributed by atoms with Gasteiger partial charge in [0.1, 0.15) is 5.76 Å². The van der Waals surface area contributed by atoms with E-state index >= 15 is 0 Å². The molecule has 3 nitrogen and oxygen atoms in total. The fourth-order valence-electron chi connectivity index (χ4n) is 0.878. The van der Waals surface area contributed by atoms with Crippen molar-refractivity contribution in [2.45, 2.75) is 0 Å². The minimum Gasteiger partial charge on any atom is -0.465 e. The molecule has 0 radical (unpaired) electrons. The first-order valence-corrected chi connectivity index (χ1v) is 4.64. The van der Waals surface area contributed by atoms with Crippen molar-refractivity contribution in [1.29, 1.82) is 0 Å². The van der Waals surface area contributed by atoms with E-state index in [-0.39, 0.29) is 0 Å². The highest BCUT2D eigenvalue weighted by Crippen LogP contribution is 2.17. The number of ether oxygens (including phenoxy) is 1. The normalized spacial score (nSPS) is 11.1. The lowest BCUT2D eigenvalue weighted by atomic mass is 10.2. The van der Waals surface area contributed by atoms with E-state index in [1.165, 1.54) is 13.2 Å². The maximum atomic E-state index is 11.1. The van der Waals surface area contributed by atoms with Crippen LogP contribution < -0.4 is 0 Å². The molecular weight excluding hydrogens is 248 g/mol. The number of esters is 1. The van der Waals surface area contributed by atoms with E-state index in [1.807, 2.05) is 0 Å². The maximum absolute atomic E-state index is 11.1. The second-order valence-electron chi connectivity index (χ2n) is 2.44. The molecule has 0 fully saturated rings. The second-order valence-corrected chi connectivity index (χ2v) is 3.22. The lowest BCUT2D eigenvalue weighted by Crippen LogP contribution is -2.01. The fraction of sp³-hybridized carbons (Fsp3) is 0.100. The van der Waals surface area contributed by atoms with Crippen LogP contribution in [0.5, 0.6) is 0 Å². The summed E-state index contributed by atoms with van der Waals surface area (Å²) in [7, 11) is 1.32. The minimum absolute atomic E-state index is 0.356. The molecule has 1 aromatic rings. The van der Waals surface area contributed by atoms with Crippen LogP contribution in [-0.4, -0.2) is 13.1 Å². The highest BCUT2D eigenvalue weighted by Gasteiger charge is 2.06. The lowest BCUT2D eigenvalue weighted by Gasteiger charge is -1.97. The van der Waals surface area contributed by atoms with Gasteiger partial charge in [0.05, 0.1) is 12.7 Å². The molecule has 74 valence electrons. The molecule has 0 amide bonds. The van der Waals surface area contributed by atoms with Crippen LogP contribution in [0.1, 0.15) is 5.76 Å². The molecule has 14 heavy (non-hydrogen) atoms. The summed E-state index contributed by atoms with van der Waals surface area (Å²) in [5, 5.41) is 0. The van der Waals surface area contributed by atoms with Crippen LogP contribution in [0.15, 0.2) is 39.4 Å². The number of halogens is 1. The van der Waals surface area contributed by atoms with Gasteiger partial charge >= 0.3 is 5.97 Å². The summed E-state index contributed by atoms with van der Waals surface area (Å²) in [6.45, 7) is 3.51. The molecule has 1 heterocycles. The van der Waals surface area contributed by atoms with Crippen LogP contribution in [0.2, 0.25) is 0 Å². The molecule has 0 N–H and O–H groups in total. The largest absolute Gasteiger partial charge is 0.465 e. The zero-order valence-corrected chi connectivity index (χ0v) is 9.21. The van der Waals surface area contributed by atoms with Gasteiger partial charge in [-0.3, -0.25) is 0 Å². The molecule has 0 spiro atoms. The first-order valence-electron chi connectivity index (χ1n) is 3.85. The Hall–Kier alpha value is -1.29. The van der Waals surface area contributed by atoms with Crippen molar-refractivity contribution < 1.29 is 13.9 Å². The van der Waals surface area contributed by atoms with Gasteiger partial charge in [0.15, 0.2) is 4.67 Å². The van der Waals surface area contributed by atoms with E-state index in [0.717, 1.165) is 0 Å². The highest BCUT2D eigenvalue weighted by molar-refractivity contribution is 9.10. The van der Waals surface area contributed by atoms with E-state index in [4.69, 9.17) is 4.42 Å². The van der Waals surface area contributed by atoms with E-state index in [9.17, 15) is 4.79 Å². The van der Waals surface area contributed by atoms with Crippen LogP contribution >= 0.6 is 15.9 Å². The summed E-state index contributed by atoms with van der Waals surface area (Å²) in [6, 6.07) is 3.47. The lowest BCUT2D eigenvalue weighted by molar-refractivity contribution is -0.135. The van der Waals surface area contributed by atoms with Gasteiger partial charge in [0.2, 0.25) is 0 Å². The Kier molecular flexibility index (Phi) is 3.71. The summed E-state index contributed by atoms with van der Waals surface area (Å²) in [5.41, 5.74) is 0.356. The van der Waals surface area contributed by atoms with Gasteiger partial charge in [0, 0.05) is 0 Å². The third kappa shape index (κ3) is 2.60. The molecule has 0 aliphatic carbocycles. The van der Waals surface area contributed by atoms with Crippen molar-refractivity contribution >= 4 is 28.0 Å². The molecule has 0 saturated heterocycles. The SMILES string of the molecule is C=C/C(=C\c1ccc(Br)o1)C(=O)OC. The first kappa shape index (κ1) is 10.8. The Balaban J connectivity index is 2.94. The molecule has 1 aromatic heterocycles. The minimum atomic E-state index is -0.437. The van der Waals surface area contributed by atoms with Gasteiger partial charge < -0.3 is 9.15 Å². The van der Waals surface area contributed by atoms with E-state index in [0.29, 0.717) is 16.0 Å². The number of carbonyl (C=O) groups excluding carboxylic acids is 1. The molecule has 0 bridgehead atoms. The molecule has 0 aliphatic rings. The van der Waals surface area contributed by atoms with Crippen molar-refractivity contribution in [3.63, 3.8) is 0 Å². The molecule has 1 rings (SSSR count). The number of hydrogen-bond donors (Lipinski definition) is 0. The van der Waals surface area contributed by atoms with Crippen LogP contribution in [0, 0.1) is 0 Å². The van der Waals surface area contributed by atoms with Crippen molar-refractivity contribution in [3.8, 4) is 0 Å². The van der Waals surface area contributed by atoms with Crippen molar-refractivity contribution in [2.24, 2.45) is 0 Å². The van der Waals surface area contributed by atoms with E-state index in [2.05, 4.69) is 27.2 Å². The molecule has 0 unspecified atom stereocenters. The van der Waals surface area contributed by atoms with Crippen LogP contribution in [0.3, 0.4) is 0 Å². The van der Waals surface area contributed by atoms with Gasteiger partial charge in [-0.1, -0.05) is 12.7 Å². The zero-order chi connectivity index (χ0) is 10.6. The number of furan rings is 1. The zero-order valence-electron chi connectivity index (χ0n) is 7.62. The van der Waals surface area contributed by atoms with E-state index in [1.54, 1.807) is 18.2 Å². The van der Waals surface area contributed by atoms with Gasteiger partial charge in [-0.15, -0.1) is 0 Å². The Morgan fingerprint density at radius 3 is 2.79 bits per heavy atom. The summed E-state index contributed by atoms with van der Waals surface area (Å²) in [6.07, 6.45) is 2.98. The Bertz CT molecular complexity index is 376. The maximum Gasteiger partial charge on any atom is 0.337 e. The Labute approximate surface area is 90.2 Å². The third-order valence-electron chi connectivity index (χ3n) is 1.53. The Morgan fingerprint density at radius 2 is 2.36 bits per heavy atom. The summed E-state index contributed by atoms with van der Waals surface area (Å²) < 4.78 is 10.4. The molecule has 4 heteroatoms. The predicted molar refractivity (Wildman–Crippen MR) is 56.6 cm³/mol. The predicted octanol–water partition coefficient (Wildman–Crippen LogP) is 2.78. The number of hydrogen-bond acceptors (Lipinski definition) is 3. The topological polar surface area (TPSA) is 39.4 Å². The van der Waals surface area contributed by atoms with Crippen LogP contribution in [0.4, 0.5) is 0 Å². The quantitative estimate of drug-likeness (QED) is 0.475. The second kappa shape index (κ2) is 4.81. The van der Waals surface area contributed by atoms with Crippen LogP contribution in [-0.2, 0) is 9.53 Å². The van der Waals surface area contributed by atoms with Gasteiger partial charge in [-0.05, 0) is 34.1 Å². The first-order chi connectivity index (χ1) is 6.67. The summed E-state index contributed by atoms with van der Waals surface area (Å²) >= 11 is 3.16. The average Bonchev–Trinajstić information content (AvgIpc) is 2.59. The van der Waals surface area contributed by atoms with Crippen molar-refractivity contribution in [1.82, 2.24) is 0 Å². The number of carbonyl (C=O) groups is 1. The fourth-order valence-corrected chi connectivity index (χ4v) is 1.20. The Morgan fingerprint density at radius 1 is 1.64 bits per heavy atom. The standard InChI is InChI=1S/C10H9BrO3/c1-3-7(10(12)13-2)6-8-4-5-9(11)14-8/h3-6H,1H2,2H3/b7-6+. The van der Waals surface area contributed by atoms with E-state index < -0.39 is 5.97 Å².